The first-order valence-electron chi connectivity index (χ1n) is 11.2. The van der Waals surface area contributed by atoms with Crippen LogP contribution in [0.5, 0.6) is 0 Å². The van der Waals surface area contributed by atoms with Gasteiger partial charge in [-0.1, -0.05) is 42.5 Å². The van der Waals surface area contributed by atoms with Gasteiger partial charge in [0.1, 0.15) is 6.04 Å². The van der Waals surface area contributed by atoms with Gasteiger partial charge in [-0.15, -0.1) is 0 Å². The van der Waals surface area contributed by atoms with Crippen molar-refractivity contribution in [1.82, 2.24) is 9.80 Å². The highest BCUT2D eigenvalue weighted by molar-refractivity contribution is 5.90. The van der Waals surface area contributed by atoms with E-state index in [1.165, 1.54) is 17.0 Å². The summed E-state index contributed by atoms with van der Waals surface area (Å²) in [5, 5.41) is 9.01. The molecule has 2 N–H and O–H groups in total. The van der Waals surface area contributed by atoms with E-state index in [1.807, 2.05) is 6.07 Å². The number of carbonyl (C=O) groups excluding carboxylic acids is 2. The Kier molecular flexibility index (Phi) is 8.29. The Morgan fingerprint density at radius 2 is 1.68 bits per heavy atom. The third kappa shape index (κ3) is 6.35. The molecular weight excluding hydrogens is 445 g/mol. The molecule has 2 aromatic rings. The zero-order chi connectivity index (χ0) is 24.7. The molecule has 3 rings (SSSR count). The van der Waals surface area contributed by atoms with Crippen molar-refractivity contribution in [3.8, 4) is 6.07 Å². The molecular formula is C25H27F3N4O2. The topological polar surface area (TPSA) is 90.4 Å². The van der Waals surface area contributed by atoms with Gasteiger partial charge < -0.3 is 15.5 Å². The molecule has 9 heteroatoms. The van der Waals surface area contributed by atoms with Crippen LogP contribution < -0.4 is 5.73 Å². The number of alkyl halides is 3. The fourth-order valence-electron chi connectivity index (χ4n) is 4.12. The van der Waals surface area contributed by atoms with Crippen molar-refractivity contribution in [2.45, 2.75) is 43.9 Å². The Hall–Kier alpha value is -3.38. The number of hydrogen-bond acceptors (Lipinski definition) is 4. The number of benzene rings is 2. The lowest BCUT2D eigenvalue weighted by molar-refractivity contribution is -0.189. The first kappa shape index (κ1) is 25.2. The maximum Gasteiger partial charge on any atom is 0.471 e. The van der Waals surface area contributed by atoms with E-state index in [0.717, 1.165) is 18.4 Å². The van der Waals surface area contributed by atoms with E-state index >= 15 is 0 Å². The van der Waals surface area contributed by atoms with Gasteiger partial charge in [0.15, 0.2) is 0 Å². The van der Waals surface area contributed by atoms with Crippen LogP contribution in [0.1, 0.15) is 42.0 Å². The molecule has 34 heavy (non-hydrogen) atoms. The van der Waals surface area contributed by atoms with E-state index in [1.54, 1.807) is 42.5 Å². The lowest BCUT2D eigenvalue weighted by Crippen LogP contribution is -2.55. The molecule has 1 fully saturated rings. The van der Waals surface area contributed by atoms with Crippen LogP contribution in [0.25, 0.3) is 0 Å². The third-order valence-electron chi connectivity index (χ3n) is 6.00. The van der Waals surface area contributed by atoms with Crippen molar-refractivity contribution in [2.75, 3.05) is 19.6 Å². The van der Waals surface area contributed by atoms with Crippen LogP contribution in [0.3, 0.4) is 0 Å². The number of rotatable bonds is 8. The number of nitrogens with two attached hydrogens (primary N) is 1. The minimum absolute atomic E-state index is 0.0585. The second-order valence-corrected chi connectivity index (χ2v) is 8.36. The average Bonchev–Trinajstić information content (AvgIpc) is 3.38. The van der Waals surface area contributed by atoms with Crippen molar-refractivity contribution < 1.29 is 22.8 Å². The lowest BCUT2D eigenvalue weighted by atomic mass is 10.00. The maximum absolute atomic E-state index is 13.6. The summed E-state index contributed by atoms with van der Waals surface area (Å²) >= 11 is 0. The molecule has 2 amide bonds. The summed E-state index contributed by atoms with van der Waals surface area (Å²) in [5.74, 6) is -2.56. The molecule has 1 saturated heterocycles. The third-order valence-corrected chi connectivity index (χ3v) is 6.00. The minimum Gasteiger partial charge on any atom is -0.341 e. The standard InChI is InChI=1S/C25H27F3N4O2/c26-25(27,28)24(34)32(15-12-21(30)20-6-2-1-3-7-20)22(23(33)31-13-4-5-14-31)16-18-8-10-19(17-29)11-9-18/h1-3,6-11,21-22H,4-5,12-16,30H2. The molecule has 0 aromatic heterocycles. The number of amides is 2. The number of likely N-dealkylation sites (tertiary alicyclic amines) is 1. The summed E-state index contributed by atoms with van der Waals surface area (Å²) in [4.78, 5) is 28.0. The second-order valence-electron chi connectivity index (χ2n) is 8.36. The second kappa shape index (κ2) is 11.2. The van der Waals surface area contributed by atoms with Crippen molar-refractivity contribution >= 4 is 11.8 Å². The summed E-state index contributed by atoms with van der Waals surface area (Å²) in [5.41, 5.74) is 7.87. The first-order chi connectivity index (χ1) is 16.2. The predicted molar refractivity (Wildman–Crippen MR) is 120 cm³/mol. The van der Waals surface area contributed by atoms with Gasteiger partial charge in [-0.2, -0.15) is 18.4 Å². The van der Waals surface area contributed by atoms with E-state index in [4.69, 9.17) is 11.0 Å². The number of nitrogens with zero attached hydrogens (tertiary/aromatic N) is 3. The van der Waals surface area contributed by atoms with Gasteiger partial charge in [-0.3, -0.25) is 9.59 Å². The molecule has 0 radical (unpaired) electrons. The summed E-state index contributed by atoms with van der Waals surface area (Å²) in [6, 6.07) is 15.2. The van der Waals surface area contributed by atoms with Crippen molar-refractivity contribution in [3.05, 3.63) is 71.3 Å². The molecule has 180 valence electrons. The first-order valence-corrected chi connectivity index (χ1v) is 11.2. The van der Waals surface area contributed by atoms with E-state index in [2.05, 4.69) is 0 Å². The Labute approximate surface area is 196 Å². The highest BCUT2D eigenvalue weighted by Crippen LogP contribution is 2.25. The van der Waals surface area contributed by atoms with E-state index < -0.39 is 30.1 Å². The van der Waals surface area contributed by atoms with Gasteiger partial charge in [-0.25, -0.2) is 0 Å². The van der Waals surface area contributed by atoms with Crippen LogP contribution in [0, 0.1) is 11.3 Å². The van der Waals surface area contributed by atoms with Gasteiger partial charge in [0.2, 0.25) is 5.91 Å². The largest absolute Gasteiger partial charge is 0.471 e. The minimum atomic E-state index is -5.13. The van der Waals surface area contributed by atoms with E-state index in [0.29, 0.717) is 29.1 Å². The van der Waals surface area contributed by atoms with Crippen molar-refractivity contribution in [3.63, 3.8) is 0 Å². The van der Waals surface area contributed by atoms with Gasteiger partial charge >= 0.3 is 12.1 Å². The molecule has 1 heterocycles. The quantitative estimate of drug-likeness (QED) is 0.636. The molecule has 2 aromatic carbocycles. The summed E-state index contributed by atoms with van der Waals surface area (Å²) in [6.07, 6.45) is -3.64. The normalized spacial score (nSPS) is 15.4. The molecule has 0 saturated carbocycles. The molecule has 2 atom stereocenters. The fraction of sp³-hybridized carbons (Fsp3) is 0.400. The van der Waals surface area contributed by atoms with Crippen LogP contribution in [0.15, 0.2) is 54.6 Å². The Bertz CT molecular complexity index is 1010. The average molecular weight is 473 g/mol. The molecule has 1 aliphatic rings. The maximum atomic E-state index is 13.6. The van der Waals surface area contributed by atoms with Gasteiger partial charge in [0.05, 0.1) is 11.6 Å². The molecule has 0 spiro atoms. The Morgan fingerprint density at radius 3 is 2.24 bits per heavy atom. The summed E-state index contributed by atoms with van der Waals surface area (Å²) in [6.45, 7) is 0.565. The van der Waals surface area contributed by atoms with Gasteiger partial charge in [0, 0.05) is 32.1 Å². The van der Waals surface area contributed by atoms with E-state index in [9.17, 15) is 22.8 Å². The predicted octanol–water partition coefficient (Wildman–Crippen LogP) is 3.57. The number of halogens is 3. The van der Waals surface area contributed by atoms with Crippen LogP contribution in [0.4, 0.5) is 13.2 Å². The molecule has 0 bridgehead atoms. The van der Waals surface area contributed by atoms with Crippen molar-refractivity contribution in [1.29, 1.82) is 5.26 Å². The Morgan fingerprint density at radius 1 is 1.06 bits per heavy atom. The zero-order valence-electron chi connectivity index (χ0n) is 18.7. The highest BCUT2D eigenvalue weighted by atomic mass is 19.4. The van der Waals surface area contributed by atoms with Crippen LogP contribution in [-0.4, -0.2) is 53.5 Å². The van der Waals surface area contributed by atoms with E-state index in [-0.39, 0.29) is 19.4 Å². The van der Waals surface area contributed by atoms with Crippen LogP contribution in [-0.2, 0) is 16.0 Å². The van der Waals surface area contributed by atoms with Crippen LogP contribution >= 0.6 is 0 Å². The number of carbonyl (C=O) groups is 2. The zero-order valence-corrected chi connectivity index (χ0v) is 18.7. The molecule has 6 nitrogen and oxygen atoms in total. The summed E-state index contributed by atoms with van der Waals surface area (Å²) in [7, 11) is 0. The van der Waals surface area contributed by atoms with Crippen molar-refractivity contribution in [2.24, 2.45) is 5.73 Å². The lowest BCUT2D eigenvalue weighted by Gasteiger charge is -2.34. The molecule has 0 aliphatic carbocycles. The smallest absolute Gasteiger partial charge is 0.341 e. The number of hydrogen-bond donors (Lipinski definition) is 1. The SMILES string of the molecule is N#Cc1ccc(CC(C(=O)N2CCCC2)N(CCC(N)c2ccccc2)C(=O)C(F)(F)F)cc1. The highest BCUT2D eigenvalue weighted by Gasteiger charge is 2.46. The molecule has 2 unspecified atom stereocenters. The van der Waals surface area contributed by atoms with Gasteiger partial charge in [-0.05, 0) is 42.5 Å². The summed E-state index contributed by atoms with van der Waals surface area (Å²) < 4.78 is 40.8. The molecule has 1 aliphatic heterocycles. The fourth-order valence-corrected chi connectivity index (χ4v) is 4.12. The van der Waals surface area contributed by atoms with Crippen LogP contribution in [0.2, 0.25) is 0 Å². The number of nitriles is 1. The monoisotopic (exact) mass is 472 g/mol. The van der Waals surface area contributed by atoms with Gasteiger partial charge in [0.25, 0.3) is 0 Å². The Balaban J connectivity index is 1.90.